The smallest absolute Gasteiger partial charge is 0.324 e. The number of nitrogen functional groups attached to an aromatic ring is 1. The molecule has 110 valence electrons. The Morgan fingerprint density at radius 1 is 1.29 bits per heavy atom. The molecular weight excluding hydrogens is 268 g/mol. The maximum absolute atomic E-state index is 12.5. The average molecular weight is 286 g/mol. The molecule has 1 aliphatic rings. The highest BCUT2D eigenvalue weighted by Crippen LogP contribution is 2.33. The van der Waals surface area contributed by atoms with Gasteiger partial charge in [-0.2, -0.15) is 0 Å². The molecular formula is C15H18N4O2. The summed E-state index contributed by atoms with van der Waals surface area (Å²) in [6, 6.07) is 9.50. The van der Waals surface area contributed by atoms with Gasteiger partial charge in [-0.05, 0) is 26.0 Å². The van der Waals surface area contributed by atoms with E-state index >= 15 is 0 Å². The van der Waals surface area contributed by atoms with Gasteiger partial charge in [0.2, 0.25) is 0 Å². The summed E-state index contributed by atoms with van der Waals surface area (Å²) in [7, 11) is 0. The molecule has 0 aliphatic carbocycles. The summed E-state index contributed by atoms with van der Waals surface area (Å²) in [6.07, 6.45) is 0. The number of urea groups is 1. The number of nitrogens with zero attached hydrogens (tertiary/aromatic N) is 3. The maximum Gasteiger partial charge on any atom is 0.324 e. The average Bonchev–Trinajstić information content (AvgIpc) is 3.05. The summed E-state index contributed by atoms with van der Waals surface area (Å²) >= 11 is 0. The molecule has 1 aliphatic heterocycles. The van der Waals surface area contributed by atoms with E-state index in [2.05, 4.69) is 5.16 Å². The van der Waals surface area contributed by atoms with Crippen molar-refractivity contribution in [2.75, 3.05) is 23.7 Å². The lowest BCUT2D eigenvalue weighted by Crippen LogP contribution is -2.36. The van der Waals surface area contributed by atoms with E-state index in [1.807, 2.05) is 43.0 Å². The Morgan fingerprint density at radius 2 is 2.05 bits per heavy atom. The SMILES string of the molecule is CC(C)N1CCN(c2ccccc2-c2cc(N)no2)C1=O. The standard InChI is InChI=1S/C15H18N4O2/c1-10(2)18-7-8-19(15(18)20)12-6-4-3-5-11(12)13-9-14(16)17-21-13/h3-6,9-10H,7-8H2,1-2H3,(H2,16,17). The number of hydrogen-bond acceptors (Lipinski definition) is 4. The molecule has 0 saturated carbocycles. The maximum atomic E-state index is 12.5. The molecule has 1 saturated heterocycles. The van der Waals surface area contributed by atoms with Gasteiger partial charge in [-0.1, -0.05) is 17.3 Å². The molecule has 1 aromatic carbocycles. The molecule has 0 spiro atoms. The minimum atomic E-state index is 0.0185. The number of amides is 2. The van der Waals surface area contributed by atoms with Crippen molar-refractivity contribution >= 4 is 17.5 Å². The van der Waals surface area contributed by atoms with Crippen LogP contribution in [0, 0.1) is 0 Å². The largest absolute Gasteiger partial charge is 0.381 e. The van der Waals surface area contributed by atoms with E-state index in [4.69, 9.17) is 10.3 Å². The fourth-order valence-corrected chi connectivity index (χ4v) is 2.59. The first-order valence-corrected chi connectivity index (χ1v) is 6.97. The Hall–Kier alpha value is -2.50. The first-order valence-electron chi connectivity index (χ1n) is 6.97. The number of aromatic nitrogens is 1. The normalized spacial score (nSPS) is 15.3. The zero-order valence-electron chi connectivity index (χ0n) is 12.1. The molecule has 2 heterocycles. The van der Waals surface area contributed by atoms with Crippen molar-refractivity contribution in [3.8, 4) is 11.3 Å². The number of para-hydroxylation sites is 1. The van der Waals surface area contributed by atoms with Gasteiger partial charge in [-0.3, -0.25) is 4.90 Å². The van der Waals surface area contributed by atoms with Crippen molar-refractivity contribution in [2.24, 2.45) is 0 Å². The van der Waals surface area contributed by atoms with Crippen LogP contribution in [0.25, 0.3) is 11.3 Å². The molecule has 0 atom stereocenters. The summed E-state index contributed by atoms with van der Waals surface area (Å²) in [4.78, 5) is 16.1. The highest BCUT2D eigenvalue weighted by Gasteiger charge is 2.32. The molecule has 3 rings (SSSR count). The van der Waals surface area contributed by atoms with Gasteiger partial charge in [-0.15, -0.1) is 0 Å². The quantitative estimate of drug-likeness (QED) is 0.941. The number of rotatable bonds is 3. The molecule has 1 fully saturated rings. The molecule has 6 nitrogen and oxygen atoms in total. The third-order valence-electron chi connectivity index (χ3n) is 3.65. The van der Waals surface area contributed by atoms with Crippen LogP contribution in [0.5, 0.6) is 0 Å². The van der Waals surface area contributed by atoms with Gasteiger partial charge in [0.1, 0.15) is 0 Å². The molecule has 21 heavy (non-hydrogen) atoms. The molecule has 0 radical (unpaired) electrons. The summed E-state index contributed by atoms with van der Waals surface area (Å²) in [5.74, 6) is 0.898. The second kappa shape index (κ2) is 5.12. The summed E-state index contributed by atoms with van der Waals surface area (Å²) < 4.78 is 5.23. The van der Waals surface area contributed by atoms with Crippen LogP contribution in [0.15, 0.2) is 34.9 Å². The first kappa shape index (κ1) is 13.5. The number of hydrogen-bond donors (Lipinski definition) is 1. The molecule has 0 unspecified atom stereocenters. The van der Waals surface area contributed by atoms with Crippen molar-refractivity contribution in [3.05, 3.63) is 30.3 Å². The highest BCUT2D eigenvalue weighted by atomic mass is 16.5. The third kappa shape index (κ3) is 2.33. The van der Waals surface area contributed by atoms with Gasteiger partial charge < -0.3 is 15.2 Å². The minimum Gasteiger partial charge on any atom is -0.381 e. The predicted octanol–water partition coefficient (Wildman–Crippen LogP) is 2.57. The van der Waals surface area contributed by atoms with Crippen molar-refractivity contribution in [2.45, 2.75) is 19.9 Å². The summed E-state index contributed by atoms with van der Waals surface area (Å²) in [6.45, 7) is 5.43. The van der Waals surface area contributed by atoms with E-state index < -0.39 is 0 Å². The second-order valence-corrected chi connectivity index (χ2v) is 5.35. The van der Waals surface area contributed by atoms with E-state index in [-0.39, 0.29) is 12.1 Å². The van der Waals surface area contributed by atoms with E-state index in [0.717, 1.165) is 17.8 Å². The summed E-state index contributed by atoms with van der Waals surface area (Å²) in [5.41, 5.74) is 7.26. The third-order valence-corrected chi connectivity index (χ3v) is 3.65. The zero-order valence-corrected chi connectivity index (χ0v) is 12.1. The highest BCUT2D eigenvalue weighted by molar-refractivity contribution is 5.98. The minimum absolute atomic E-state index is 0.0185. The molecule has 6 heteroatoms. The second-order valence-electron chi connectivity index (χ2n) is 5.35. The number of anilines is 2. The summed E-state index contributed by atoms with van der Waals surface area (Å²) in [5, 5.41) is 3.71. The van der Waals surface area contributed by atoms with E-state index in [9.17, 15) is 4.79 Å². The van der Waals surface area contributed by atoms with Gasteiger partial charge >= 0.3 is 6.03 Å². The predicted molar refractivity (Wildman–Crippen MR) is 80.9 cm³/mol. The number of benzene rings is 1. The van der Waals surface area contributed by atoms with Gasteiger partial charge in [0.15, 0.2) is 11.6 Å². The van der Waals surface area contributed by atoms with Crippen molar-refractivity contribution in [3.63, 3.8) is 0 Å². The van der Waals surface area contributed by atoms with Crippen molar-refractivity contribution in [1.82, 2.24) is 10.1 Å². The van der Waals surface area contributed by atoms with E-state index in [1.165, 1.54) is 0 Å². The Morgan fingerprint density at radius 3 is 2.67 bits per heavy atom. The fourth-order valence-electron chi connectivity index (χ4n) is 2.59. The Balaban J connectivity index is 1.99. The van der Waals surface area contributed by atoms with Crippen molar-refractivity contribution in [1.29, 1.82) is 0 Å². The molecule has 1 aromatic heterocycles. The van der Waals surface area contributed by atoms with Gasteiger partial charge in [0.25, 0.3) is 0 Å². The lowest BCUT2D eigenvalue weighted by molar-refractivity contribution is 0.209. The van der Waals surface area contributed by atoms with Crippen LogP contribution in [0.4, 0.5) is 16.3 Å². The van der Waals surface area contributed by atoms with Gasteiger partial charge in [0, 0.05) is 30.8 Å². The van der Waals surface area contributed by atoms with Crippen LogP contribution < -0.4 is 10.6 Å². The van der Waals surface area contributed by atoms with Crippen LogP contribution in [0.2, 0.25) is 0 Å². The first-order chi connectivity index (χ1) is 10.1. The van der Waals surface area contributed by atoms with Crippen LogP contribution in [0.3, 0.4) is 0 Å². The van der Waals surface area contributed by atoms with Gasteiger partial charge in [-0.25, -0.2) is 4.79 Å². The van der Waals surface area contributed by atoms with Crippen molar-refractivity contribution < 1.29 is 9.32 Å². The van der Waals surface area contributed by atoms with Crippen LogP contribution in [0.1, 0.15) is 13.8 Å². The number of carbonyl (C=O) groups is 1. The Kier molecular flexibility index (Phi) is 3.29. The zero-order chi connectivity index (χ0) is 15.0. The fraction of sp³-hybridized carbons (Fsp3) is 0.333. The molecule has 0 bridgehead atoms. The van der Waals surface area contributed by atoms with Gasteiger partial charge in [0.05, 0.1) is 5.69 Å². The number of carbonyl (C=O) groups excluding carboxylic acids is 1. The monoisotopic (exact) mass is 286 g/mol. The Labute approximate surface area is 123 Å². The van der Waals surface area contributed by atoms with Crippen LogP contribution in [-0.2, 0) is 0 Å². The molecule has 2 aromatic rings. The Bertz CT molecular complexity index is 665. The van der Waals surface area contributed by atoms with Crippen LogP contribution >= 0.6 is 0 Å². The van der Waals surface area contributed by atoms with E-state index in [0.29, 0.717) is 18.1 Å². The van der Waals surface area contributed by atoms with E-state index in [1.54, 1.807) is 11.0 Å². The lowest BCUT2D eigenvalue weighted by atomic mass is 10.1. The lowest BCUT2D eigenvalue weighted by Gasteiger charge is -2.22. The molecule has 2 N–H and O–H groups in total. The topological polar surface area (TPSA) is 75.6 Å². The van der Waals surface area contributed by atoms with Crippen LogP contribution in [-0.4, -0.2) is 35.2 Å². The molecule has 2 amide bonds. The number of nitrogens with two attached hydrogens (primary N) is 1.